The van der Waals surface area contributed by atoms with Crippen LogP contribution < -0.4 is 0 Å². The summed E-state index contributed by atoms with van der Waals surface area (Å²) in [6.45, 7) is 11.9. The van der Waals surface area contributed by atoms with Gasteiger partial charge in [-0.2, -0.15) is 13.2 Å². The zero-order chi connectivity index (χ0) is 31.1. The van der Waals surface area contributed by atoms with Gasteiger partial charge >= 0.3 is 12.3 Å². The van der Waals surface area contributed by atoms with Gasteiger partial charge in [-0.15, -0.1) is 0 Å². The molecule has 0 radical (unpaired) electrons. The van der Waals surface area contributed by atoms with E-state index in [2.05, 4.69) is 0 Å². The first kappa shape index (κ1) is 33.0. The van der Waals surface area contributed by atoms with Crippen molar-refractivity contribution in [2.24, 2.45) is 5.92 Å². The number of carbonyl (C=O) groups is 2. The molecule has 7 nitrogen and oxygen atoms in total. The zero-order valence-corrected chi connectivity index (χ0v) is 24.9. The number of alkyl halides is 3. The Hall–Kier alpha value is -2.47. The Balaban J connectivity index is 2.11. The second kappa shape index (κ2) is 11.7. The third kappa shape index (κ3) is 7.49. The molecule has 2 heterocycles. The average Bonchev–Trinajstić information content (AvgIpc) is 3.27. The first-order valence-electron chi connectivity index (χ1n) is 13.8. The predicted octanol–water partition coefficient (Wildman–Crippen LogP) is 6.23. The third-order valence-corrected chi connectivity index (χ3v) is 7.38. The highest BCUT2D eigenvalue weighted by Gasteiger charge is 2.66. The number of rotatable bonds is 7. The van der Waals surface area contributed by atoms with Crippen molar-refractivity contribution in [2.45, 2.75) is 116 Å². The number of amides is 2. The molecule has 2 saturated heterocycles. The van der Waals surface area contributed by atoms with Crippen molar-refractivity contribution < 1.29 is 45.8 Å². The van der Waals surface area contributed by atoms with Gasteiger partial charge in [0, 0.05) is 26.0 Å². The highest BCUT2D eigenvalue weighted by atomic mass is 19.4. The van der Waals surface area contributed by atoms with E-state index < -0.39 is 77.9 Å². The van der Waals surface area contributed by atoms with Gasteiger partial charge in [-0.1, -0.05) is 13.8 Å². The fraction of sp³-hybridized carbons (Fsp3) is 0.724. The van der Waals surface area contributed by atoms with E-state index >= 15 is 0 Å². The molecule has 12 heteroatoms. The number of benzene rings is 1. The number of carbonyl (C=O) groups excluding carboxylic acids is 2. The second-order valence-electron chi connectivity index (χ2n) is 12.9. The summed E-state index contributed by atoms with van der Waals surface area (Å²) >= 11 is 0. The number of hydrogen-bond acceptors (Lipinski definition) is 5. The molecule has 0 saturated carbocycles. The van der Waals surface area contributed by atoms with E-state index in [0.717, 1.165) is 17.0 Å². The standard InChI is InChI=1S/C29H41F5N2O5/c1-17(2)9-10-39-28(29(32,33)34)15-23(35(16-28)25(38)41-26(4,5)6)24-22(36(18(3)37)27(7,8)40-24)13-19-11-20(30)14-21(31)12-19/h11-12,14,17,22-24H,9-10,13,15-16H2,1-8H3/t22-,23+,24-,28+/m0/s1. The highest BCUT2D eigenvalue weighted by molar-refractivity contribution is 5.75. The number of halogens is 5. The number of likely N-dealkylation sites (tertiary alicyclic amines) is 1. The Kier molecular flexibility index (Phi) is 9.40. The first-order valence-corrected chi connectivity index (χ1v) is 13.8. The van der Waals surface area contributed by atoms with E-state index in [1.54, 1.807) is 34.6 Å². The fourth-order valence-electron chi connectivity index (χ4n) is 5.74. The summed E-state index contributed by atoms with van der Waals surface area (Å²) in [6, 6.07) is 0.695. The van der Waals surface area contributed by atoms with Crippen LogP contribution in [0.15, 0.2) is 18.2 Å². The summed E-state index contributed by atoms with van der Waals surface area (Å²) in [5.41, 5.74) is -4.84. The molecule has 0 spiro atoms. The average molecular weight is 593 g/mol. The Morgan fingerprint density at radius 3 is 2.17 bits per heavy atom. The lowest BCUT2D eigenvalue weighted by atomic mass is 9.90. The van der Waals surface area contributed by atoms with Gasteiger partial charge in [-0.05, 0) is 71.1 Å². The maximum absolute atomic E-state index is 14.8. The minimum Gasteiger partial charge on any atom is -0.444 e. The molecular formula is C29H41F5N2O5. The summed E-state index contributed by atoms with van der Waals surface area (Å²) in [7, 11) is 0. The van der Waals surface area contributed by atoms with Crippen LogP contribution in [0.25, 0.3) is 0 Å². The predicted molar refractivity (Wildman–Crippen MR) is 141 cm³/mol. The molecule has 1 aromatic carbocycles. The monoisotopic (exact) mass is 592 g/mol. The summed E-state index contributed by atoms with van der Waals surface area (Å²) in [6.07, 6.45) is -7.43. The molecule has 41 heavy (non-hydrogen) atoms. The maximum atomic E-state index is 14.8. The van der Waals surface area contributed by atoms with Crippen LogP contribution >= 0.6 is 0 Å². The van der Waals surface area contributed by atoms with Gasteiger partial charge in [-0.25, -0.2) is 13.6 Å². The van der Waals surface area contributed by atoms with Gasteiger partial charge < -0.3 is 19.1 Å². The minimum absolute atomic E-state index is 0.0820. The van der Waals surface area contributed by atoms with Crippen LogP contribution in [0.3, 0.4) is 0 Å². The Labute approximate surface area is 238 Å². The van der Waals surface area contributed by atoms with E-state index in [0.29, 0.717) is 12.5 Å². The van der Waals surface area contributed by atoms with Crippen molar-refractivity contribution in [3.05, 3.63) is 35.4 Å². The third-order valence-electron chi connectivity index (χ3n) is 7.38. The van der Waals surface area contributed by atoms with Crippen LogP contribution in [0.1, 0.15) is 73.8 Å². The fourth-order valence-corrected chi connectivity index (χ4v) is 5.74. The van der Waals surface area contributed by atoms with Crippen LogP contribution in [0, 0.1) is 17.6 Å². The van der Waals surface area contributed by atoms with Gasteiger partial charge in [0.2, 0.25) is 5.91 Å². The Morgan fingerprint density at radius 2 is 1.68 bits per heavy atom. The van der Waals surface area contributed by atoms with E-state index in [-0.39, 0.29) is 24.5 Å². The maximum Gasteiger partial charge on any atom is 0.419 e. The zero-order valence-electron chi connectivity index (χ0n) is 24.9. The lowest BCUT2D eigenvalue weighted by Gasteiger charge is -2.34. The smallest absolute Gasteiger partial charge is 0.419 e. The van der Waals surface area contributed by atoms with Gasteiger partial charge in [-0.3, -0.25) is 9.69 Å². The van der Waals surface area contributed by atoms with Crippen molar-refractivity contribution >= 4 is 12.0 Å². The van der Waals surface area contributed by atoms with Crippen LogP contribution in [0.4, 0.5) is 26.7 Å². The molecule has 2 aliphatic rings. The molecule has 2 aliphatic heterocycles. The topological polar surface area (TPSA) is 68.3 Å². The van der Waals surface area contributed by atoms with Gasteiger partial charge in [0.15, 0.2) is 5.60 Å². The van der Waals surface area contributed by atoms with Gasteiger partial charge in [0.1, 0.15) is 29.1 Å². The van der Waals surface area contributed by atoms with Crippen molar-refractivity contribution in [3.8, 4) is 0 Å². The molecule has 0 unspecified atom stereocenters. The molecule has 0 bridgehead atoms. The van der Waals surface area contributed by atoms with Crippen molar-refractivity contribution in [1.82, 2.24) is 9.80 Å². The van der Waals surface area contributed by atoms with E-state index in [1.807, 2.05) is 13.8 Å². The van der Waals surface area contributed by atoms with Crippen LogP contribution in [0.5, 0.6) is 0 Å². The van der Waals surface area contributed by atoms with Crippen LogP contribution in [0.2, 0.25) is 0 Å². The number of ether oxygens (including phenoxy) is 3. The quantitative estimate of drug-likeness (QED) is 0.351. The summed E-state index contributed by atoms with van der Waals surface area (Å²) < 4.78 is 89.8. The summed E-state index contributed by atoms with van der Waals surface area (Å²) in [5.74, 6) is -2.04. The first-order chi connectivity index (χ1) is 18.7. The lowest BCUT2D eigenvalue weighted by Crippen LogP contribution is -2.52. The van der Waals surface area contributed by atoms with Crippen LogP contribution in [-0.4, -0.2) is 76.2 Å². The molecule has 3 rings (SSSR count). The highest BCUT2D eigenvalue weighted by Crippen LogP contribution is 2.48. The molecule has 0 aliphatic carbocycles. The normalized spacial score (nSPS) is 26.6. The molecule has 232 valence electrons. The van der Waals surface area contributed by atoms with E-state index in [1.165, 1.54) is 11.8 Å². The molecule has 2 amide bonds. The van der Waals surface area contributed by atoms with Crippen molar-refractivity contribution in [3.63, 3.8) is 0 Å². The SMILES string of the molecule is CC(=O)N1[C@@H](Cc2cc(F)cc(F)c2)[C@@H]([C@H]2C[C@](OCCC(C)C)(C(F)(F)F)CN2C(=O)OC(C)(C)C)OC1(C)C. The van der Waals surface area contributed by atoms with Crippen molar-refractivity contribution in [1.29, 1.82) is 0 Å². The molecule has 0 N–H and O–H groups in total. The number of nitrogens with zero attached hydrogens (tertiary/aromatic N) is 2. The van der Waals surface area contributed by atoms with Gasteiger partial charge in [0.05, 0.1) is 18.6 Å². The molecule has 0 aromatic heterocycles. The summed E-state index contributed by atoms with van der Waals surface area (Å²) in [4.78, 5) is 28.6. The van der Waals surface area contributed by atoms with Crippen LogP contribution in [-0.2, 0) is 25.4 Å². The second-order valence-corrected chi connectivity index (χ2v) is 12.9. The molecular weight excluding hydrogens is 551 g/mol. The molecule has 2 fully saturated rings. The molecule has 4 atom stereocenters. The Morgan fingerprint density at radius 1 is 1.10 bits per heavy atom. The lowest BCUT2D eigenvalue weighted by molar-refractivity contribution is -0.273. The Bertz CT molecular complexity index is 1100. The largest absolute Gasteiger partial charge is 0.444 e. The number of hydrogen-bond donors (Lipinski definition) is 0. The van der Waals surface area contributed by atoms with Gasteiger partial charge in [0.25, 0.3) is 0 Å². The minimum atomic E-state index is -4.85. The summed E-state index contributed by atoms with van der Waals surface area (Å²) in [5, 5.41) is 0. The molecule has 1 aromatic rings. The van der Waals surface area contributed by atoms with E-state index in [9.17, 15) is 31.5 Å². The van der Waals surface area contributed by atoms with Crippen molar-refractivity contribution in [2.75, 3.05) is 13.2 Å². The van der Waals surface area contributed by atoms with E-state index in [4.69, 9.17) is 14.2 Å².